The molecule has 144 valence electrons. The molecule has 0 radical (unpaired) electrons. The SMILES string of the molecule is CC(C)Cc1cc(C(=O)NC(C2CCNCC2)C2CC(O)C2)nc(N)n1. The second-order valence-corrected chi connectivity index (χ2v) is 8.17. The van der Waals surface area contributed by atoms with Gasteiger partial charge in [-0.05, 0) is 69.0 Å². The Morgan fingerprint density at radius 2 is 2.00 bits per heavy atom. The van der Waals surface area contributed by atoms with Crippen LogP contribution in [-0.2, 0) is 6.42 Å². The van der Waals surface area contributed by atoms with Gasteiger partial charge in [-0.1, -0.05) is 13.8 Å². The maximum atomic E-state index is 12.9. The lowest BCUT2D eigenvalue weighted by atomic mass is 9.71. The number of nitrogens with one attached hydrogen (secondary N) is 2. The summed E-state index contributed by atoms with van der Waals surface area (Å²) >= 11 is 0. The topological polar surface area (TPSA) is 113 Å². The Balaban J connectivity index is 1.73. The van der Waals surface area contributed by atoms with Gasteiger partial charge in [0, 0.05) is 11.7 Å². The van der Waals surface area contributed by atoms with Crippen molar-refractivity contribution in [2.75, 3.05) is 18.8 Å². The van der Waals surface area contributed by atoms with Crippen LogP contribution >= 0.6 is 0 Å². The summed E-state index contributed by atoms with van der Waals surface area (Å²) in [6.45, 7) is 6.16. The van der Waals surface area contributed by atoms with E-state index in [-0.39, 0.29) is 24.0 Å². The predicted octanol–water partition coefficient (Wildman–Crippen LogP) is 1.13. The predicted molar refractivity (Wildman–Crippen MR) is 101 cm³/mol. The van der Waals surface area contributed by atoms with Crippen molar-refractivity contribution in [1.29, 1.82) is 0 Å². The Morgan fingerprint density at radius 1 is 1.31 bits per heavy atom. The Morgan fingerprint density at radius 3 is 2.62 bits per heavy atom. The molecule has 1 unspecified atom stereocenters. The van der Waals surface area contributed by atoms with Crippen LogP contribution in [0.3, 0.4) is 0 Å². The number of hydrogen-bond donors (Lipinski definition) is 4. The maximum absolute atomic E-state index is 12.9. The number of piperidine rings is 1. The standard InChI is InChI=1S/C19H31N5O2/c1-11(2)7-14-10-16(23-19(20)22-14)18(26)24-17(13-8-15(25)9-13)12-3-5-21-6-4-12/h10-13,15,17,21,25H,3-9H2,1-2H3,(H,24,26)(H2,20,22,23). The molecule has 1 atom stereocenters. The normalized spacial score (nSPS) is 24.9. The van der Waals surface area contributed by atoms with E-state index in [1.807, 2.05) is 0 Å². The van der Waals surface area contributed by atoms with Gasteiger partial charge in [0.15, 0.2) is 0 Å². The van der Waals surface area contributed by atoms with Gasteiger partial charge < -0.3 is 21.5 Å². The minimum atomic E-state index is -0.228. The van der Waals surface area contributed by atoms with Crippen LogP contribution in [0.5, 0.6) is 0 Å². The molecule has 2 fully saturated rings. The van der Waals surface area contributed by atoms with Gasteiger partial charge in [-0.3, -0.25) is 4.79 Å². The van der Waals surface area contributed by atoms with E-state index in [1.165, 1.54) is 0 Å². The minimum absolute atomic E-state index is 0.0812. The number of carbonyl (C=O) groups is 1. The number of nitrogens with two attached hydrogens (primary N) is 1. The molecule has 1 saturated carbocycles. The molecule has 1 aliphatic carbocycles. The monoisotopic (exact) mass is 361 g/mol. The van der Waals surface area contributed by atoms with E-state index < -0.39 is 0 Å². The summed E-state index contributed by atoms with van der Waals surface area (Å²) in [5.41, 5.74) is 6.96. The zero-order chi connectivity index (χ0) is 18.7. The third-order valence-electron chi connectivity index (χ3n) is 5.49. The first-order valence-electron chi connectivity index (χ1n) is 9.75. The number of amides is 1. The van der Waals surface area contributed by atoms with Gasteiger partial charge in [-0.25, -0.2) is 9.97 Å². The molecule has 1 amide bonds. The molecule has 2 aliphatic rings. The summed E-state index contributed by atoms with van der Waals surface area (Å²) in [7, 11) is 0. The van der Waals surface area contributed by atoms with Crippen molar-refractivity contribution in [3.05, 3.63) is 17.5 Å². The third-order valence-corrected chi connectivity index (χ3v) is 5.49. The van der Waals surface area contributed by atoms with Crippen molar-refractivity contribution < 1.29 is 9.90 Å². The van der Waals surface area contributed by atoms with Crippen LogP contribution < -0.4 is 16.4 Å². The summed E-state index contributed by atoms with van der Waals surface area (Å²) < 4.78 is 0. The first-order valence-corrected chi connectivity index (χ1v) is 9.75. The smallest absolute Gasteiger partial charge is 0.270 e. The molecule has 3 rings (SSSR count). The summed E-state index contributed by atoms with van der Waals surface area (Å²) in [5.74, 6) is 1.16. The molecule has 2 heterocycles. The highest BCUT2D eigenvalue weighted by Gasteiger charge is 2.39. The van der Waals surface area contributed by atoms with Crippen LogP contribution in [0.15, 0.2) is 6.07 Å². The largest absolute Gasteiger partial charge is 0.393 e. The second-order valence-electron chi connectivity index (χ2n) is 8.17. The highest BCUT2D eigenvalue weighted by atomic mass is 16.3. The molecule has 1 aliphatic heterocycles. The molecule has 1 aromatic rings. The van der Waals surface area contributed by atoms with Crippen molar-refractivity contribution in [1.82, 2.24) is 20.6 Å². The first kappa shape index (κ1) is 19.0. The average Bonchev–Trinajstić information content (AvgIpc) is 2.56. The van der Waals surface area contributed by atoms with E-state index in [2.05, 4.69) is 34.4 Å². The van der Waals surface area contributed by atoms with Gasteiger partial charge in [0.2, 0.25) is 5.95 Å². The summed E-state index contributed by atoms with van der Waals surface area (Å²) in [4.78, 5) is 21.3. The molecule has 7 heteroatoms. The molecular formula is C19H31N5O2. The summed E-state index contributed by atoms with van der Waals surface area (Å²) in [6.07, 6.45) is 4.15. The Hall–Kier alpha value is -1.73. The van der Waals surface area contributed by atoms with Gasteiger partial charge in [0.1, 0.15) is 5.69 Å². The third kappa shape index (κ3) is 4.71. The number of hydrogen-bond acceptors (Lipinski definition) is 6. The molecule has 1 aromatic heterocycles. The quantitative estimate of drug-likeness (QED) is 0.604. The van der Waals surface area contributed by atoms with E-state index in [0.29, 0.717) is 23.4 Å². The van der Waals surface area contributed by atoms with Crippen LogP contribution in [0.1, 0.15) is 55.7 Å². The fourth-order valence-electron chi connectivity index (χ4n) is 4.13. The average molecular weight is 361 g/mol. The van der Waals surface area contributed by atoms with Crippen LogP contribution in [0.4, 0.5) is 5.95 Å². The number of nitrogen functional groups attached to an aromatic ring is 1. The molecule has 26 heavy (non-hydrogen) atoms. The number of aromatic nitrogens is 2. The summed E-state index contributed by atoms with van der Waals surface area (Å²) in [6, 6.07) is 1.83. The van der Waals surface area contributed by atoms with Crippen LogP contribution in [0.25, 0.3) is 0 Å². The van der Waals surface area contributed by atoms with Crippen LogP contribution in [0, 0.1) is 17.8 Å². The summed E-state index contributed by atoms with van der Waals surface area (Å²) in [5, 5.41) is 16.3. The fraction of sp³-hybridized carbons (Fsp3) is 0.737. The first-order chi connectivity index (χ1) is 12.4. The van der Waals surface area contributed by atoms with Gasteiger partial charge in [0.25, 0.3) is 5.91 Å². The molecule has 5 N–H and O–H groups in total. The number of aliphatic hydroxyl groups excluding tert-OH is 1. The molecule has 1 saturated heterocycles. The van der Waals surface area contributed by atoms with E-state index >= 15 is 0 Å². The molecular weight excluding hydrogens is 330 g/mol. The zero-order valence-corrected chi connectivity index (χ0v) is 15.7. The molecule has 7 nitrogen and oxygen atoms in total. The Labute approximate surface area is 155 Å². The minimum Gasteiger partial charge on any atom is -0.393 e. The van der Waals surface area contributed by atoms with Crippen molar-refractivity contribution in [3.63, 3.8) is 0 Å². The molecule has 0 spiro atoms. The highest BCUT2D eigenvalue weighted by Crippen LogP contribution is 2.35. The van der Waals surface area contributed by atoms with Crippen LogP contribution in [0.2, 0.25) is 0 Å². The van der Waals surface area contributed by atoms with Gasteiger partial charge in [-0.2, -0.15) is 0 Å². The van der Waals surface area contributed by atoms with Crippen molar-refractivity contribution in [2.45, 2.75) is 58.1 Å². The lowest BCUT2D eigenvalue weighted by Gasteiger charge is -2.43. The number of nitrogens with zero attached hydrogens (tertiary/aromatic N) is 2. The van der Waals surface area contributed by atoms with Gasteiger partial charge in [-0.15, -0.1) is 0 Å². The lowest BCUT2D eigenvalue weighted by molar-refractivity contribution is 0.00913. The molecule has 0 aromatic carbocycles. The Kier molecular flexibility index (Phi) is 6.09. The highest BCUT2D eigenvalue weighted by molar-refractivity contribution is 5.92. The van der Waals surface area contributed by atoms with Gasteiger partial charge in [0.05, 0.1) is 6.10 Å². The second kappa shape index (κ2) is 8.31. The molecule has 0 bridgehead atoms. The van der Waals surface area contributed by atoms with E-state index in [1.54, 1.807) is 6.07 Å². The Bertz CT molecular complexity index is 624. The van der Waals surface area contributed by atoms with E-state index in [9.17, 15) is 9.90 Å². The number of aliphatic hydroxyl groups is 1. The maximum Gasteiger partial charge on any atom is 0.270 e. The zero-order valence-electron chi connectivity index (χ0n) is 15.7. The van der Waals surface area contributed by atoms with E-state index in [0.717, 1.165) is 50.9 Å². The number of anilines is 1. The van der Waals surface area contributed by atoms with E-state index in [4.69, 9.17) is 5.73 Å². The number of carbonyl (C=O) groups excluding carboxylic acids is 1. The van der Waals surface area contributed by atoms with Crippen molar-refractivity contribution >= 4 is 11.9 Å². The van der Waals surface area contributed by atoms with Crippen LogP contribution in [-0.4, -0.2) is 46.2 Å². The number of rotatable bonds is 6. The lowest BCUT2D eigenvalue weighted by Crippen LogP contribution is -2.53. The van der Waals surface area contributed by atoms with Crippen molar-refractivity contribution in [3.8, 4) is 0 Å². The van der Waals surface area contributed by atoms with Gasteiger partial charge >= 0.3 is 0 Å². The van der Waals surface area contributed by atoms with Crippen molar-refractivity contribution in [2.24, 2.45) is 17.8 Å². The fourth-order valence-corrected chi connectivity index (χ4v) is 4.13.